The van der Waals surface area contributed by atoms with Crippen molar-refractivity contribution in [1.82, 2.24) is 15.5 Å². The molecule has 2 N–H and O–H groups in total. The van der Waals surface area contributed by atoms with E-state index in [-0.39, 0.29) is 18.3 Å². The first-order valence-corrected chi connectivity index (χ1v) is 9.07. The first-order chi connectivity index (χ1) is 11.6. The van der Waals surface area contributed by atoms with Gasteiger partial charge < -0.3 is 20.3 Å². The Hall–Kier alpha value is -1.30. The number of ether oxygens (including phenoxy) is 1. The van der Waals surface area contributed by atoms with E-state index in [1.165, 1.54) is 5.56 Å². The normalized spacial score (nSPS) is 14.8. The van der Waals surface area contributed by atoms with Crippen LogP contribution in [-0.4, -0.2) is 56.7 Å². The number of benzene rings is 1. The van der Waals surface area contributed by atoms with Gasteiger partial charge in [0.25, 0.3) is 0 Å². The van der Waals surface area contributed by atoms with Gasteiger partial charge in [-0.3, -0.25) is 4.79 Å². The highest BCUT2D eigenvalue weighted by atomic mass is 35.5. The highest BCUT2D eigenvalue weighted by Crippen LogP contribution is 2.18. The third-order valence-electron chi connectivity index (χ3n) is 4.33. The van der Waals surface area contributed by atoms with Gasteiger partial charge in [0.1, 0.15) is 5.75 Å². The van der Waals surface area contributed by atoms with Crippen LogP contribution in [0.1, 0.15) is 38.2 Å². The summed E-state index contributed by atoms with van der Waals surface area (Å²) in [6.45, 7) is 10.9. The van der Waals surface area contributed by atoms with E-state index in [2.05, 4.69) is 41.5 Å². The second kappa shape index (κ2) is 12.1. The molecule has 25 heavy (non-hydrogen) atoms. The van der Waals surface area contributed by atoms with Crippen molar-refractivity contribution < 1.29 is 9.53 Å². The van der Waals surface area contributed by atoms with E-state index in [4.69, 9.17) is 4.74 Å². The van der Waals surface area contributed by atoms with Crippen molar-refractivity contribution in [3.63, 3.8) is 0 Å². The Bertz CT molecular complexity index is 488. The van der Waals surface area contributed by atoms with Crippen LogP contribution in [0.4, 0.5) is 0 Å². The van der Waals surface area contributed by atoms with Gasteiger partial charge in [-0.2, -0.15) is 0 Å². The Morgan fingerprint density at radius 1 is 1.24 bits per heavy atom. The average Bonchev–Trinajstić information content (AvgIpc) is 2.60. The molecule has 0 radical (unpaired) electrons. The summed E-state index contributed by atoms with van der Waals surface area (Å²) in [6.07, 6.45) is 1.41. The molecule has 142 valence electrons. The maximum Gasteiger partial charge on any atom is 0.223 e. The predicted molar refractivity (Wildman–Crippen MR) is 105 cm³/mol. The van der Waals surface area contributed by atoms with E-state index >= 15 is 0 Å². The van der Waals surface area contributed by atoms with Crippen LogP contribution >= 0.6 is 12.4 Å². The third-order valence-corrected chi connectivity index (χ3v) is 4.33. The van der Waals surface area contributed by atoms with Crippen molar-refractivity contribution in [1.29, 1.82) is 0 Å². The maximum absolute atomic E-state index is 11.8. The first-order valence-electron chi connectivity index (χ1n) is 9.07. The van der Waals surface area contributed by atoms with Gasteiger partial charge in [0.2, 0.25) is 5.91 Å². The molecule has 1 fully saturated rings. The van der Waals surface area contributed by atoms with E-state index in [1.54, 1.807) is 0 Å². The Morgan fingerprint density at radius 3 is 2.56 bits per heavy atom. The lowest BCUT2D eigenvalue weighted by Gasteiger charge is -2.27. The SMILES string of the molecule is CC(C)c1ccc(OCCC(=O)NCCCN2CCNCC2)cc1.Cl. The molecule has 0 aromatic heterocycles. The topological polar surface area (TPSA) is 53.6 Å². The van der Waals surface area contributed by atoms with Crippen LogP contribution in [-0.2, 0) is 4.79 Å². The largest absolute Gasteiger partial charge is 0.493 e. The predicted octanol–water partition coefficient (Wildman–Crippen LogP) is 2.41. The smallest absolute Gasteiger partial charge is 0.223 e. The molecule has 1 aromatic carbocycles. The van der Waals surface area contributed by atoms with Gasteiger partial charge in [-0.1, -0.05) is 26.0 Å². The van der Waals surface area contributed by atoms with Crippen LogP contribution in [0.3, 0.4) is 0 Å². The summed E-state index contributed by atoms with van der Waals surface area (Å²) < 4.78 is 5.64. The molecule has 0 unspecified atom stereocenters. The summed E-state index contributed by atoms with van der Waals surface area (Å²) >= 11 is 0. The Balaban J connectivity index is 0.00000312. The molecule has 0 aliphatic carbocycles. The van der Waals surface area contributed by atoms with Gasteiger partial charge in [-0.05, 0) is 36.6 Å². The molecule has 1 aliphatic rings. The maximum atomic E-state index is 11.8. The molecular formula is C19H32ClN3O2. The van der Waals surface area contributed by atoms with E-state index in [1.807, 2.05) is 12.1 Å². The summed E-state index contributed by atoms with van der Waals surface area (Å²) in [4.78, 5) is 14.3. The molecule has 5 nitrogen and oxygen atoms in total. The van der Waals surface area contributed by atoms with Crippen LogP contribution < -0.4 is 15.4 Å². The molecule has 1 saturated heterocycles. The van der Waals surface area contributed by atoms with Crippen molar-refractivity contribution in [2.75, 3.05) is 45.9 Å². The number of hydrogen-bond donors (Lipinski definition) is 2. The Kier molecular flexibility index (Phi) is 10.5. The molecule has 1 heterocycles. The lowest BCUT2D eigenvalue weighted by atomic mass is 10.0. The number of rotatable bonds is 9. The highest BCUT2D eigenvalue weighted by molar-refractivity contribution is 5.85. The molecule has 0 atom stereocenters. The highest BCUT2D eigenvalue weighted by Gasteiger charge is 2.08. The van der Waals surface area contributed by atoms with Crippen LogP contribution in [0.25, 0.3) is 0 Å². The zero-order chi connectivity index (χ0) is 17.2. The number of carbonyl (C=O) groups is 1. The van der Waals surface area contributed by atoms with Gasteiger partial charge >= 0.3 is 0 Å². The number of halogens is 1. The average molecular weight is 370 g/mol. The van der Waals surface area contributed by atoms with Crippen LogP contribution in [0.2, 0.25) is 0 Å². The standard InChI is InChI=1S/C19H31N3O2.ClH/c1-16(2)17-4-6-18(7-5-17)24-15-8-19(23)21-9-3-12-22-13-10-20-11-14-22;/h4-7,16,20H,3,8-15H2,1-2H3,(H,21,23);1H. The fourth-order valence-corrected chi connectivity index (χ4v) is 2.76. The van der Waals surface area contributed by atoms with Gasteiger partial charge in [0.05, 0.1) is 13.0 Å². The molecule has 0 spiro atoms. The minimum atomic E-state index is 0. The number of carbonyl (C=O) groups excluding carboxylic acids is 1. The summed E-state index contributed by atoms with van der Waals surface area (Å²) in [5.41, 5.74) is 1.30. The number of nitrogens with one attached hydrogen (secondary N) is 2. The fourth-order valence-electron chi connectivity index (χ4n) is 2.76. The molecule has 0 saturated carbocycles. The number of amides is 1. The van der Waals surface area contributed by atoms with E-state index in [0.29, 0.717) is 18.9 Å². The van der Waals surface area contributed by atoms with Crippen LogP contribution in [0.5, 0.6) is 5.75 Å². The lowest BCUT2D eigenvalue weighted by Crippen LogP contribution is -2.44. The third kappa shape index (κ3) is 8.56. The van der Waals surface area contributed by atoms with E-state index in [0.717, 1.165) is 51.4 Å². The molecule has 0 bridgehead atoms. The molecule has 2 rings (SSSR count). The van der Waals surface area contributed by atoms with Crippen molar-refractivity contribution in [2.24, 2.45) is 0 Å². The van der Waals surface area contributed by atoms with Gasteiger partial charge in [0, 0.05) is 32.7 Å². The van der Waals surface area contributed by atoms with Gasteiger partial charge in [-0.25, -0.2) is 0 Å². The van der Waals surface area contributed by atoms with E-state index < -0.39 is 0 Å². The molecule has 6 heteroatoms. The zero-order valence-electron chi connectivity index (χ0n) is 15.4. The molecule has 1 aromatic rings. The summed E-state index contributed by atoms with van der Waals surface area (Å²) in [5.74, 6) is 1.41. The van der Waals surface area contributed by atoms with Crippen LogP contribution in [0.15, 0.2) is 24.3 Å². The first kappa shape index (κ1) is 21.7. The van der Waals surface area contributed by atoms with Crippen LogP contribution in [0, 0.1) is 0 Å². The van der Waals surface area contributed by atoms with Gasteiger partial charge in [0.15, 0.2) is 0 Å². The van der Waals surface area contributed by atoms with E-state index in [9.17, 15) is 4.79 Å². The Morgan fingerprint density at radius 2 is 1.92 bits per heavy atom. The Labute approximate surface area is 157 Å². The minimum absolute atomic E-state index is 0. The number of hydrogen-bond acceptors (Lipinski definition) is 4. The molecular weight excluding hydrogens is 338 g/mol. The monoisotopic (exact) mass is 369 g/mol. The van der Waals surface area contributed by atoms with Crippen molar-refractivity contribution in [2.45, 2.75) is 32.6 Å². The summed E-state index contributed by atoms with van der Waals surface area (Å²) in [7, 11) is 0. The number of piperazine rings is 1. The number of nitrogens with zero attached hydrogens (tertiary/aromatic N) is 1. The summed E-state index contributed by atoms with van der Waals surface area (Å²) in [5, 5.41) is 6.31. The fraction of sp³-hybridized carbons (Fsp3) is 0.632. The van der Waals surface area contributed by atoms with Gasteiger partial charge in [-0.15, -0.1) is 12.4 Å². The summed E-state index contributed by atoms with van der Waals surface area (Å²) in [6, 6.07) is 8.10. The second-order valence-electron chi connectivity index (χ2n) is 6.62. The second-order valence-corrected chi connectivity index (χ2v) is 6.62. The molecule has 1 amide bonds. The lowest BCUT2D eigenvalue weighted by molar-refractivity contribution is -0.121. The molecule has 1 aliphatic heterocycles. The minimum Gasteiger partial charge on any atom is -0.493 e. The van der Waals surface area contributed by atoms with Crippen molar-refractivity contribution in [3.8, 4) is 5.75 Å². The van der Waals surface area contributed by atoms with Crippen molar-refractivity contribution in [3.05, 3.63) is 29.8 Å². The zero-order valence-corrected chi connectivity index (χ0v) is 16.2. The quantitative estimate of drug-likeness (QED) is 0.656. The van der Waals surface area contributed by atoms with Crippen molar-refractivity contribution >= 4 is 18.3 Å².